The van der Waals surface area contributed by atoms with Crippen LogP contribution in [0.3, 0.4) is 0 Å². The standard InChI is InChI=1S/C26H39FN2O/c1-4-6-7-8-9-10-11-12-22-19-28-26(29-20-22)23-13-15-24(16-14-23)30-18-17-25(27)21(3)5-2/h13-16,19-21,25H,4-12,17-18H2,1-3H3. The fourth-order valence-electron chi connectivity index (χ4n) is 3.45. The largest absolute Gasteiger partial charge is 0.493 e. The Bertz CT molecular complexity index is 687. The van der Waals surface area contributed by atoms with Gasteiger partial charge in [-0.1, -0.05) is 65.7 Å². The molecule has 2 atom stereocenters. The maximum Gasteiger partial charge on any atom is 0.159 e. The van der Waals surface area contributed by atoms with Gasteiger partial charge in [-0.05, 0) is 48.6 Å². The van der Waals surface area contributed by atoms with Gasteiger partial charge in [0.2, 0.25) is 0 Å². The summed E-state index contributed by atoms with van der Waals surface area (Å²) in [6.45, 7) is 6.61. The van der Waals surface area contributed by atoms with E-state index in [0.29, 0.717) is 13.0 Å². The summed E-state index contributed by atoms with van der Waals surface area (Å²) < 4.78 is 19.6. The summed E-state index contributed by atoms with van der Waals surface area (Å²) in [7, 11) is 0. The lowest BCUT2D eigenvalue weighted by Crippen LogP contribution is -2.15. The van der Waals surface area contributed by atoms with Gasteiger partial charge in [0.15, 0.2) is 5.82 Å². The molecule has 166 valence electrons. The predicted octanol–water partition coefficient (Wildman–Crippen LogP) is 7.59. The highest BCUT2D eigenvalue weighted by Gasteiger charge is 2.14. The van der Waals surface area contributed by atoms with Crippen LogP contribution in [0.5, 0.6) is 5.75 Å². The van der Waals surface area contributed by atoms with Crippen molar-refractivity contribution in [3.8, 4) is 17.1 Å². The highest BCUT2D eigenvalue weighted by atomic mass is 19.1. The summed E-state index contributed by atoms with van der Waals surface area (Å²) in [6.07, 6.45) is 14.6. The fourth-order valence-corrected chi connectivity index (χ4v) is 3.45. The Balaban J connectivity index is 1.73. The Morgan fingerprint density at radius 2 is 1.53 bits per heavy atom. The molecular weight excluding hydrogens is 375 g/mol. The van der Waals surface area contributed by atoms with E-state index in [-0.39, 0.29) is 5.92 Å². The Morgan fingerprint density at radius 1 is 0.900 bits per heavy atom. The molecule has 0 fully saturated rings. The van der Waals surface area contributed by atoms with Crippen LogP contribution in [-0.2, 0) is 6.42 Å². The van der Waals surface area contributed by atoms with Crippen LogP contribution in [0.4, 0.5) is 4.39 Å². The molecule has 30 heavy (non-hydrogen) atoms. The van der Waals surface area contributed by atoms with Crippen molar-refractivity contribution in [1.82, 2.24) is 9.97 Å². The molecular formula is C26H39FN2O. The molecule has 0 N–H and O–H groups in total. The second-order valence-corrected chi connectivity index (χ2v) is 8.35. The topological polar surface area (TPSA) is 35.0 Å². The van der Waals surface area contributed by atoms with Crippen LogP contribution < -0.4 is 4.74 Å². The van der Waals surface area contributed by atoms with E-state index in [1.165, 1.54) is 50.5 Å². The lowest BCUT2D eigenvalue weighted by molar-refractivity contribution is 0.182. The van der Waals surface area contributed by atoms with E-state index in [4.69, 9.17) is 4.74 Å². The minimum absolute atomic E-state index is 0.0851. The zero-order valence-electron chi connectivity index (χ0n) is 19.1. The molecule has 4 heteroatoms. The molecule has 0 radical (unpaired) electrons. The van der Waals surface area contributed by atoms with Crippen molar-refractivity contribution < 1.29 is 9.13 Å². The number of aromatic nitrogens is 2. The molecule has 1 aromatic carbocycles. The van der Waals surface area contributed by atoms with Gasteiger partial charge >= 0.3 is 0 Å². The number of hydrogen-bond acceptors (Lipinski definition) is 3. The Kier molecular flexibility index (Phi) is 11.4. The number of ether oxygens (including phenoxy) is 1. The van der Waals surface area contributed by atoms with Crippen molar-refractivity contribution in [3.63, 3.8) is 0 Å². The number of unbranched alkanes of at least 4 members (excludes halogenated alkanes) is 6. The Morgan fingerprint density at radius 3 is 2.17 bits per heavy atom. The van der Waals surface area contributed by atoms with Gasteiger partial charge in [0.05, 0.1) is 6.61 Å². The average molecular weight is 415 g/mol. The van der Waals surface area contributed by atoms with Gasteiger partial charge < -0.3 is 4.74 Å². The van der Waals surface area contributed by atoms with Crippen LogP contribution in [0.1, 0.15) is 84.1 Å². The van der Waals surface area contributed by atoms with E-state index >= 15 is 0 Å². The van der Waals surface area contributed by atoms with Crippen LogP contribution in [0.15, 0.2) is 36.7 Å². The van der Waals surface area contributed by atoms with E-state index in [2.05, 4.69) is 16.9 Å². The number of aryl methyl sites for hydroxylation is 1. The second-order valence-electron chi connectivity index (χ2n) is 8.35. The van der Waals surface area contributed by atoms with Crippen molar-refractivity contribution >= 4 is 0 Å². The van der Waals surface area contributed by atoms with Gasteiger partial charge in [-0.3, -0.25) is 0 Å². The van der Waals surface area contributed by atoms with E-state index in [9.17, 15) is 4.39 Å². The van der Waals surface area contributed by atoms with Crippen LogP contribution in [-0.4, -0.2) is 22.7 Å². The third-order valence-electron chi connectivity index (χ3n) is 5.81. The lowest BCUT2D eigenvalue weighted by Gasteiger charge is -2.15. The van der Waals surface area contributed by atoms with Gasteiger partial charge in [0, 0.05) is 24.4 Å². The van der Waals surface area contributed by atoms with Gasteiger partial charge in [-0.25, -0.2) is 14.4 Å². The highest BCUT2D eigenvalue weighted by Crippen LogP contribution is 2.21. The molecule has 0 amide bonds. The molecule has 3 nitrogen and oxygen atoms in total. The fraction of sp³-hybridized carbons (Fsp3) is 0.615. The molecule has 0 aliphatic heterocycles. The van der Waals surface area contributed by atoms with E-state index in [1.807, 2.05) is 50.5 Å². The van der Waals surface area contributed by atoms with E-state index < -0.39 is 6.17 Å². The molecule has 1 aromatic heterocycles. The predicted molar refractivity (Wildman–Crippen MR) is 124 cm³/mol. The molecule has 0 saturated carbocycles. The van der Waals surface area contributed by atoms with Crippen LogP contribution in [0.2, 0.25) is 0 Å². The molecule has 2 rings (SSSR count). The molecule has 0 aliphatic rings. The Labute approximate surface area is 182 Å². The number of hydrogen-bond donors (Lipinski definition) is 0. The maximum atomic E-state index is 13.9. The van der Waals surface area contributed by atoms with Gasteiger partial charge in [-0.15, -0.1) is 0 Å². The SMILES string of the molecule is CCCCCCCCCc1cnc(-c2ccc(OCCC(F)C(C)CC)cc2)nc1. The lowest BCUT2D eigenvalue weighted by atomic mass is 10.0. The van der Waals surface area contributed by atoms with Crippen molar-refractivity contribution in [2.75, 3.05) is 6.61 Å². The first kappa shape index (κ1) is 24.3. The van der Waals surface area contributed by atoms with Crippen molar-refractivity contribution in [2.24, 2.45) is 5.92 Å². The minimum atomic E-state index is -0.803. The number of halogens is 1. The van der Waals surface area contributed by atoms with Crippen LogP contribution in [0, 0.1) is 5.92 Å². The quantitative estimate of drug-likeness (QED) is 0.282. The summed E-state index contributed by atoms with van der Waals surface area (Å²) in [5, 5.41) is 0. The van der Waals surface area contributed by atoms with Gasteiger partial charge in [0.25, 0.3) is 0 Å². The number of benzene rings is 1. The Hall–Kier alpha value is -1.97. The first-order chi connectivity index (χ1) is 14.6. The van der Waals surface area contributed by atoms with Crippen LogP contribution >= 0.6 is 0 Å². The van der Waals surface area contributed by atoms with Crippen molar-refractivity contribution in [1.29, 1.82) is 0 Å². The summed E-state index contributed by atoms with van der Waals surface area (Å²) >= 11 is 0. The third kappa shape index (κ3) is 8.81. The van der Waals surface area contributed by atoms with Crippen LogP contribution in [0.25, 0.3) is 11.4 Å². The van der Waals surface area contributed by atoms with Gasteiger partial charge in [-0.2, -0.15) is 0 Å². The average Bonchev–Trinajstić information content (AvgIpc) is 2.78. The molecule has 2 unspecified atom stereocenters. The highest BCUT2D eigenvalue weighted by molar-refractivity contribution is 5.55. The summed E-state index contributed by atoms with van der Waals surface area (Å²) in [4.78, 5) is 9.06. The zero-order chi connectivity index (χ0) is 21.6. The molecule has 0 aliphatic carbocycles. The molecule has 2 aromatic rings. The summed E-state index contributed by atoms with van der Waals surface area (Å²) in [5.74, 6) is 1.57. The van der Waals surface area contributed by atoms with Gasteiger partial charge in [0.1, 0.15) is 11.9 Å². The minimum Gasteiger partial charge on any atom is -0.493 e. The smallest absolute Gasteiger partial charge is 0.159 e. The molecule has 0 spiro atoms. The molecule has 1 heterocycles. The molecule has 0 saturated heterocycles. The first-order valence-electron chi connectivity index (χ1n) is 11.8. The summed E-state index contributed by atoms with van der Waals surface area (Å²) in [5.41, 5.74) is 2.17. The monoisotopic (exact) mass is 414 g/mol. The molecule has 0 bridgehead atoms. The van der Waals surface area contributed by atoms with E-state index in [0.717, 1.165) is 30.0 Å². The zero-order valence-corrected chi connectivity index (χ0v) is 19.1. The normalized spacial score (nSPS) is 13.2. The number of rotatable bonds is 15. The third-order valence-corrected chi connectivity index (χ3v) is 5.81. The van der Waals surface area contributed by atoms with Crippen molar-refractivity contribution in [3.05, 3.63) is 42.2 Å². The number of alkyl halides is 1. The second kappa shape index (κ2) is 14.1. The maximum absolute atomic E-state index is 13.9. The van der Waals surface area contributed by atoms with E-state index in [1.54, 1.807) is 0 Å². The van der Waals surface area contributed by atoms with Crippen molar-refractivity contribution in [2.45, 2.75) is 91.2 Å². The summed E-state index contributed by atoms with van der Waals surface area (Å²) in [6, 6.07) is 7.73. The number of nitrogens with zero attached hydrogens (tertiary/aromatic N) is 2. The first-order valence-corrected chi connectivity index (χ1v) is 11.8.